The Morgan fingerprint density at radius 2 is 2.26 bits per heavy atom. The van der Waals surface area contributed by atoms with Gasteiger partial charge in [0.05, 0.1) is 7.11 Å². The quantitative estimate of drug-likeness (QED) is 0.792. The highest BCUT2D eigenvalue weighted by Crippen LogP contribution is 2.21. The maximum absolute atomic E-state index is 12.1. The molecule has 0 atom stereocenters. The van der Waals surface area contributed by atoms with Crippen molar-refractivity contribution in [1.29, 1.82) is 0 Å². The molecule has 0 saturated heterocycles. The van der Waals surface area contributed by atoms with Crippen molar-refractivity contribution >= 4 is 11.7 Å². The fourth-order valence-electron chi connectivity index (χ4n) is 1.70. The molecule has 0 spiro atoms. The average molecular weight is 265 g/mol. The van der Waals surface area contributed by atoms with E-state index in [1.807, 2.05) is 31.2 Å². The Hall–Kier alpha value is -1.75. The Kier molecular flexibility index (Phi) is 6.74. The van der Waals surface area contributed by atoms with E-state index in [-0.39, 0.29) is 6.03 Å². The van der Waals surface area contributed by atoms with Gasteiger partial charge in [-0.1, -0.05) is 13.0 Å². The van der Waals surface area contributed by atoms with Gasteiger partial charge in [0.15, 0.2) is 0 Å². The molecule has 1 aromatic carbocycles. The summed E-state index contributed by atoms with van der Waals surface area (Å²) in [5.74, 6) is 0.735. The van der Waals surface area contributed by atoms with Gasteiger partial charge in [-0.25, -0.2) is 4.79 Å². The Morgan fingerprint density at radius 3 is 2.89 bits per heavy atom. The van der Waals surface area contributed by atoms with Crippen LogP contribution >= 0.6 is 0 Å². The summed E-state index contributed by atoms with van der Waals surface area (Å²) in [5, 5.41) is 2.88. The van der Waals surface area contributed by atoms with Crippen LogP contribution in [0.1, 0.15) is 19.8 Å². The Labute approximate surface area is 114 Å². The van der Waals surface area contributed by atoms with Gasteiger partial charge in [-0.15, -0.1) is 0 Å². The molecule has 0 aliphatic heterocycles. The number of nitrogens with zero attached hydrogens (tertiary/aromatic N) is 1. The minimum Gasteiger partial charge on any atom is -0.497 e. The van der Waals surface area contributed by atoms with E-state index in [0.29, 0.717) is 19.6 Å². The third-order valence-electron chi connectivity index (χ3n) is 2.72. The second-order valence-corrected chi connectivity index (χ2v) is 4.23. The third-order valence-corrected chi connectivity index (χ3v) is 2.72. The topological polar surface area (TPSA) is 67.6 Å². The van der Waals surface area contributed by atoms with Crippen molar-refractivity contribution in [2.45, 2.75) is 19.8 Å². The summed E-state index contributed by atoms with van der Waals surface area (Å²) in [6.07, 6.45) is 1.67. The molecule has 5 heteroatoms. The number of hydrogen-bond acceptors (Lipinski definition) is 3. The highest BCUT2D eigenvalue weighted by atomic mass is 16.5. The van der Waals surface area contributed by atoms with Crippen molar-refractivity contribution in [2.24, 2.45) is 5.73 Å². The number of urea groups is 1. The molecule has 1 aromatic rings. The van der Waals surface area contributed by atoms with Crippen molar-refractivity contribution in [1.82, 2.24) is 5.32 Å². The van der Waals surface area contributed by atoms with Crippen LogP contribution in [0.3, 0.4) is 0 Å². The number of amides is 2. The van der Waals surface area contributed by atoms with E-state index in [9.17, 15) is 4.79 Å². The smallest absolute Gasteiger partial charge is 0.321 e. The molecule has 0 aliphatic rings. The Bertz CT molecular complexity index is 396. The first-order valence-electron chi connectivity index (χ1n) is 6.62. The highest BCUT2D eigenvalue weighted by Gasteiger charge is 2.14. The fraction of sp³-hybridized carbons (Fsp3) is 0.500. The van der Waals surface area contributed by atoms with Crippen molar-refractivity contribution in [3.05, 3.63) is 24.3 Å². The van der Waals surface area contributed by atoms with Gasteiger partial charge in [-0.3, -0.25) is 4.90 Å². The lowest BCUT2D eigenvalue weighted by molar-refractivity contribution is 0.246. The zero-order valence-corrected chi connectivity index (χ0v) is 11.7. The van der Waals surface area contributed by atoms with Crippen LogP contribution in [-0.2, 0) is 0 Å². The summed E-state index contributed by atoms with van der Waals surface area (Å²) in [6, 6.07) is 7.38. The van der Waals surface area contributed by atoms with Crippen LogP contribution in [0.5, 0.6) is 5.75 Å². The number of hydrogen-bond donors (Lipinski definition) is 2. The summed E-state index contributed by atoms with van der Waals surface area (Å²) in [4.78, 5) is 13.8. The van der Waals surface area contributed by atoms with E-state index in [1.165, 1.54) is 0 Å². The zero-order valence-electron chi connectivity index (χ0n) is 11.7. The number of rotatable bonds is 7. The SMILES string of the molecule is CCCNC(=O)N(CCCN)c1cccc(OC)c1. The van der Waals surface area contributed by atoms with E-state index in [1.54, 1.807) is 12.0 Å². The lowest BCUT2D eigenvalue weighted by Crippen LogP contribution is -2.41. The molecule has 0 aliphatic carbocycles. The average Bonchev–Trinajstić information content (AvgIpc) is 2.45. The standard InChI is InChI=1S/C14H23N3O2/c1-3-9-16-14(18)17(10-5-8-15)12-6-4-7-13(11-12)19-2/h4,6-7,11H,3,5,8-10,15H2,1-2H3,(H,16,18). The third kappa shape index (κ3) is 4.79. The van der Waals surface area contributed by atoms with E-state index < -0.39 is 0 Å². The Balaban J connectivity index is 2.84. The van der Waals surface area contributed by atoms with Crippen molar-refractivity contribution in [3.8, 4) is 5.75 Å². The van der Waals surface area contributed by atoms with Crippen LogP contribution in [0.15, 0.2) is 24.3 Å². The second kappa shape index (κ2) is 8.37. The van der Waals surface area contributed by atoms with Crippen molar-refractivity contribution in [3.63, 3.8) is 0 Å². The fourth-order valence-corrected chi connectivity index (χ4v) is 1.70. The molecule has 19 heavy (non-hydrogen) atoms. The summed E-state index contributed by atoms with van der Waals surface area (Å²) < 4.78 is 5.19. The number of nitrogens with one attached hydrogen (secondary N) is 1. The van der Waals surface area contributed by atoms with Gasteiger partial charge in [0.1, 0.15) is 5.75 Å². The number of anilines is 1. The van der Waals surface area contributed by atoms with Crippen LogP contribution in [-0.4, -0.2) is 32.8 Å². The molecule has 0 radical (unpaired) electrons. The molecule has 0 heterocycles. The van der Waals surface area contributed by atoms with E-state index in [4.69, 9.17) is 10.5 Å². The largest absolute Gasteiger partial charge is 0.497 e. The number of carbonyl (C=O) groups is 1. The van der Waals surface area contributed by atoms with Gasteiger partial charge < -0.3 is 15.8 Å². The lowest BCUT2D eigenvalue weighted by atomic mass is 10.2. The predicted molar refractivity (Wildman–Crippen MR) is 77.7 cm³/mol. The molecule has 1 rings (SSSR count). The van der Waals surface area contributed by atoms with Crippen LogP contribution in [0.25, 0.3) is 0 Å². The lowest BCUT2D eigenvalue weighted by Gasteiger charge is -2.23. The van der Waals surface area contributed by atoms with Crippen molar-refractivity contribution < 1.29 is 9.53 Å². The summed E-state index contributed by atoms with van der Waals surface area (Å²) in [6.45, 7) is 3.85. The summed E-state index contributed by atoms with van der Waals surface area (Å²) in [5.41, 5.74) is 6.35. The highest BCUT2D eigenvalue weighted by molar-refractivity contribution is 5.92. The minimum atomic E-state index is -0.0939. The molecule has 0 fully saturated rings. The number of carbonyl (C=O) groups excluding carboxylic acids is 1. The molecule has 5 nitrogen and oxygen atoms in total. The molecule has 0 aromatic heterocycles. The molecule has 3 N–H and O–H groups in total. The van der Waals surface area contributed by atoms with Gasteiger partial charge in [0.2, 0.25) is 0 Å². The first-order valence-corrected chi connectivity index (χ1v) is 6.62. The molecule has 106 valence electrons. The number of ether oxygens (including phenoxy) is 1. The molecular weight excluding hydrogens is 242 g/mol. The number of nitrogens with two attached hydrogens (primary N) is 1. The molecule has 2 amide bonds. The Morgan fingerprint density at radius 1 is 1.47 bits per heavy atom. The second-order valence-electron chi connectivity index (χ2n) is 4.23. The van der Waals surface area contributed by atoms with E-state index >= 15 is 0 Å². The van der Waals surface area contributed by atoms with Crippen LogP contribution < -0.4 is 20.7 Å². The monoisotopic (exact) mass is 265 g/mol. The molecule has 0 saturated carbocycles. The summed E-state index contributed by atoms with van der Waals surface area (Å²) in [7, 11) is 1.61. The van der Waals surface area contributed by atoms with Crippen LogP contribution in [0.4, 0.5) is 10.5 Å². The minimum absolute atomic E-state index is 0.0939. The van der Waals surface area contributed by atoms with Gasteiger partial charge in [0.25, 0.3) is 0 Å². The number of benzene rings is 1. The maximum Gasteiger partial charge on any atom is 0.321 e. The maximum atomic E-state index is 12.1. The van der Waals surface area contributed by atoms with Crippen molar-refractivity contribution in [2.75, 3.05) is 31.6 Å². The van der Waals surface area contributed by atoms with Crippen LogP contribution in [0.2, 0.25) is 0 Å². The molecular formula is C14H23N3O2. The first-order chi connectivity index (χ1) is 9.22. The van der Waals surface area contributed by atoms with Crippen LogP contribution in [0, 0.1) is 0 Å². The van der Waals surface area contributed by atoms with E-state index in [0.717, 1.165) is 24.3 Å². The van der Waals surface area contributed by atoms with E-state index in [2.05, 4.69) is 5.32 Å². The predicted octanol–water partition coefficient (Wildman–Crippen LogP) is 1.97. The van der Waals surface area contributed by atoms with Gasteiger partial charge >= 0.3 is 6.03 Å². The first kappa shape index (κ1) is 15.3. The van der Waals surface area contributed by atoms with Gasteiger partial charge in [-0.2, -0.15) is 0 Å². The summed E-state index contributed by atoms with van der Waals surface area (Å²) >= 11 is 0. The van der Waals surface area contributed by atoms with Gasteiger partial charge in [0, 0.05) is 24.8 Å². The normalized spacial score (nSPS) is 10.1. The molecule has 0 unspecified atom stereocenters. The number of methoxy groups -OCH3 is 1. The molecule has 0 bridgehead atoms. The zero-order chi connectivity index (χ0) is 14.1. The van der Waals surface area contributed by atoms with Gasteiger partial charge in [-0.05, 0) is 31.5 Å².